The van der Waals surface area contributed by atoms with Crippen LogP contribution in [0.25, 0.3) is 0 Å². The highest BCUT2D eigenvalue weighted by Crippen LogP contribution is 2.09. The molecule has 12 heavy (non-hydrogen) atoms. The minimum Gasteiger partial charge on any atom is -0.383 e. The van der Waals surface area contributed by atoms with Gasteiger partial charge >= 0.3 is 12.1 Å². The zero-order chi connectivity index (χ0) is 9.78. The molecule has 0 rings (SSSR count). The Morgan fingerprint density at radius 2 is 2.08 bits per heavy atom. The van der Waals surface area contributed by atoms with Gasteiger partial charge in [0.05, 0.1) is 5.25 Å². The Bertz CT molecular complexity index is 153. The fourth-order valence-electron chi connectivity index (χ4n) is 0.594. The van der Waals surface area contributed by atoms with E-state index in [2.05, 4.69) is 17.4 Å². The average molecular weight is 196 g/mol. The van der Waals surface area contributed by atoms with E-state index in [0.717, 1.165) is 0 Å². The molecule has 0 saturated carbocycles. The third-order valence-corrected chi connectivity index (χ3v) is 1.54. The summed E-state index contributed by atoms with van der Waals surface area (Å²) in [7, 11) is 0. The van der Waals surface area contributed by atoms with Crippen LogP contribution in [0.5, 0.6) is 0 Å². The van der Waals surface area contributed by atoms with Crippen LogP contribution >= 0.6 is 12.6 Å². The highest BCUT2D eigenvalue weighted by atomic mass is 32.1. The van der Waals surface area contributed by atoms with E-state index in [1.54, 1.807) is 0 Å². The second-order valence-corrected chi connectivity index (χ2v) is 2.92. The number of hydrogen-bond acceptors (Lipinski definition) is 6. The lowest BCUT2D eigenvalue weighted by atomic mass is 10.2. The van der Waals surface area contributed by atoms with E-state index in [4.69, 9.17) is 15.3 Å². The third-order valence-electron chi connectivity index (χ3n) is 1.07. The van der Waals surface area contributed by atoms with Crippen molar-refractivity contribution in [1.29, 1.82) is 0 Å². The van der Waals surface area contributed by atoms with Crippen molar-refractivity contribution in [3.05, 3.63) is 0 Å². The molecule has 6 heteroatoms. The fourth-order valence-corrected chi connectivity index (χ4v) is 0.905. The van der Waals surface area contributed by atoms with Crippen LogP contribution in [-0.2, 0) is 9.53 Å². The second kappa shape index (κ2) is 4.66. The van der Waals surface area contributed by atoms with Crippen molar-refractivity contribution >= 4 is 18.6 Å². The molecule has 0 saturated heterocycles. The summed E-state index contributed by atoms with van der Waals surface area (Å²) in [6.45, 7) is 1.83. The minimum absolute atomic E-state index is 0.442. The topological polar surface area (TPSA) is 87.0 Å². The lowest BCUT2D eigenvalue weighted by Crippen LogP contribution is -2.36. The van der Waals surface area contributed by atoms with Gasteiger partial charge in [-0.15, -0.1) is 0 Å². The van der Waals surface area contributed by atoms with Crippen LogP contribution in [0, 0.1) is 0 Å². The number of carbonyl (C=O) groups excluding carboxylic acids is 1. The molecule has 5 nitrogen and oxygen atoms in total. The fraction of sp³-hybridized carbons (Fsp3) is 0.833. The average Bonchev–Trinajstić information content (AvgIpc) is 1.84. The number of esters is 1. The molecule has 0 heterocycles. The maximum absolute atomic E-state index is 10.8. The molecular weight excluding hydrogens is 184 g/mol. The Labute approximate surface area is 75.4 Å². The van der Waals surface area contributed by atoms with E-state index in [-0.39, 0.29) is 0 Å². The van der Waals surface area contributed by atoms with Crippen LogP contribution in [0.1, 0.15) is 19.8 Å². The minimum atomic E-state index is -3.40. The first-order chi connectivity index (χ1) is 5.37. The summed E-state index contributed by atoms with van der Waals surface area (Å²) in [5.41, 5.74) is 0. The van der Waals surface area contributed by atoms with Crippen molar-refractivity contribution in [2.45, 2.75) is 31.2 Å². The number of aliphatic hydroxyl groups is 3. The molecule has 0 radical (unpaired) electrons. The summed E-state index contributed by atoms with van der Waals surface area (Å²) in [6, 6.07) is 0. The van der Waals surface area contributed by atoms with Gasteiger partial charge in [-0.2, -0.15) is 12.6 Å². The Morgan fingerprint density at radius 3 is 2.42 bits per heavy atom. The smallest absolute Gasteiger partial charge is 0.383 e. The SMILES string of the molecule is CCCC(S)C(=O)OC(O)(O)O. The van der Waals surface area contributed by atoms with Crippen LogP contribution in [0.3, 0.4) is 0 Å². The third kappa shape index (κ3) is 5.36. The number of rotatable bonds is 4. The zero-order valence-corrected chi connectivity index (χ0v) is 7.49. The van der Waals surface area contributed by atoms with Crippen molar-refractivity contribution < 1.29 is 24.9 Å². The Hall–Kier alpha value is -0.300. The van der Waals surface area contributed by atoms with Gasteiger partial charge in [0.1, 0.15) is 0 Å². The molecule has 0 aliphatic carbocycles. The van der Waals surface area contributed by atoms with Crippen molar-refractivity contribution in [1.82, 2.24) is 0 Å². The van der Waals surface area contributed by atoms with Gasteiger partial charge in [-0.1, -0.05) is 13.3 Å². The summed E-state index contributed by atoms with van der Waals surface area (Å²) in [4.78, 5) is 10.8. The summed E-state index contributed by atoms with van der Waals surface area (Å²) in [5, 5.41) is 24.0. The van der Waals surface area contributed by atoms with Gasteiger partial charge < -0.3 is 20.1 Å². The van der Waals surface area contributed by atoms with Gasteiger partial charge in [0.25, 0.3) is 0 Å². The lowest BCUT2D eigenvalue weighted by molar-refractivity contribution is -0.435. The van der Waals surface area contributed by atoms with E-state index in [1.165, 1.54) is 0 Å². The highest BCUT2D eigenvalue weighted by molar-refractivity contribution is 7.81. The molecule has 0 aromatic rings. The summed E-state index contributed by atoms with van der Waals surface area (Å²) in [5.74, 6) is -0.965. The summed E-state index contributed by atoms with van der Waals surface area (Å²) in [6.07, 6.45) is -2.25. The van der Waals surface area contributed by atoms with Crippen molar-refractivity contribution in [2.75, 3.05) is 0 Å². The Morgan fingerprint density at radius 1 is 1.58 bits per heavy atom. The molecule has 0 aromatic heterocycles. The van der Waals surface area contributed by atoms with Crippen LogP contribution < -0.4 is 0 Å². The molecule has 0 amide bonds. The first kappa shape index (κ1) is 11.7. The Balaban J connectivity index is 3.87. The molecule has 3 N–H and O–H groups in total. The molecule has 0 aliphatic rings. The lowest BCUT2D eigenvalue weighted by Gasteiger charge is -2.16. The number of thiol groups is 1. The quantitative estimate of drug-likeness (QED) is 0.269. The monoisotopic (exact) mass is 196 g/mol. The van der Waals surface area contributed by atoms with Crippen LogP contribution in [-0.4, -0.2) is 32.7 Å². The summed E-state index contributed by atoms with van der Waals surface area (Å²) < 4.78 is 3.80. The van der Waals surface area contributed by atoms with Crippen LogP contribution in [0.2, 0.25) is 0 Å². The Kier molecular flexibility index (Phi) is 4.54. The normalized spacial score (nSPS) is 14.1. The van der Waals surface area contributed by atoms with Crippen LogP contribution in [0.4, 0.5) is 0 Å². The maximum atomic E-state index is 10.8. The highest BCUT2D eigenvalue weighted by Gasteiger charge is 2.27. The standard InChI is InChI=1S/C6H12O5S/c1-2-3-4(12)5(7)11-6(8,9)10/h4,8-10,12H,2-3H2,1H3. The molecule has 0 aromatic carbocycles. The molecular formula is C6H12O5S. The first-order valence-corrected chi connectivity index (χ1v) is 3.96. The van der Waals surface area contributed by atoms with Gasteiger partial charge in [-0.05, 0) is 6.42 Å². The largest absolute Gasteiger partial charge is 0.455 e. The van der Waals surface area contributed by atoms with Crippen molar-refractivity contribution in [2.24, 2.45) is 0 Å². The molecule has 0 spiro atoms. The van der Waals surface area contributed by atoms with Crippen molar-refractivity contribution in [3.63, 3.8) is 0 Å². The van der Waals surface area contributed by atoms with E-state index < -0.39 is 17.4 Å². The van der Waals surface area contributed by atoms with Crippen LogP contribution in [0.15, 0.2) is 0 Å². The second-order valence-electron chi connectivity index (χ2n) is 2.30. The van der Waals surface area contributed by atoms with E-state index in [9.17, 15) is 4.79 Å². The molecule has 0 bridgehead atoms. The van der Waals surface area contributed by atoms with Gasteiger partial charge in [0, 0.05) is 0 Å². The molecule has 0 fully saturated rings. The van der Waals surface area contributed by atoms with Crippen molar-refractivity contribution in [3.8, 4) is 0 Å². The number of ether oxygens (including phenoxy) is 1. The molecule has 72 valence electrons. The molecule has 0 aliphatic heterocycles. The molecule has 1 atom stereocenters. The molecule has 1 unspecified atom stereocenters. The zero-order valence-electron chi connectivity index (χ0n) is 6.60. The predicted molar refractivity (Wildman–Crippen MR) is 43.2 cm³/mol. The number of hydrogen-bond donors (Lipinski definition) is 4. The number of carbonyl (C=O) groups is 1. The predicted octanol–water partition coefficient (Wildman–Crippen LogP) is -0.784. The summed E-state index contributed by atoms with van der Waals surface area (Å²) >= 11 is 3.81. The van der Waals surface area contributed by atoms with Gasteiger partial charge in [-0.3, -0.25) is 4.79 Å². The first-order valence-electron chi connectivity index (χ1n) is 3.45. The van der Waals surface area contributed by atoms with Gasteiger partial charge in [-0.25, -0.2) is 0 Å². The van der Waals surface area contributed by atoms with E-state index in [0.29, 0.717) is 12.8 Å². The van der Waals surface area contributed by atoms with E-state index >= 15 is 0 Å². The van der Waals surface area contributed by atoms with Gasteiger partial charge in [0.15, 0.2) is 0 Å². The van der Waals surface area contributed by atoms with E-state index in [1.807, 2.05) is 6.92 Å². The van der Waals surface area contributed by atoms with Gasteiger partial charge in [0.2, 0.25) is 0 Å². The maximum Gasteiger partial charge on any atom is 0.455 e.